The highest BCUT2D eigenvalue weighted by Gasteiger charge is 2.30. The minimum Gasteiger partial charge on any atom is -0.495 e. The fourth-order valence-corrected chi connectivity index (χ4v) is 4.27. The van der Waals surface area contributed by atoms with Crippen LogP contribution in [0.1, 0.15) is 10.4 Å². The fourth-order valence-electron chi connectivity index (χ4n) is 3.61. The Morgan fingerprint density at radius 2 is 1.88 bits per heavy atom. The first-order chi connectivity index (χ1) is 16.4. The average molecular weight is 506 g/mol. The van der Waals surface area contributed by atoms with Gasteiger partial charge in [0.05, 0.1) is 72.4 Å². The van der Waals surface area contributed by atoms with Crippen LogP contribution in [0.4, 0.5) is 5.95 Å². The smallest absolute Gasteiger partial charge is 0.265 e. The normalized spacial score (nSPS) is 17.4. The summed E-state index contributed by atoms with van der Waals surface area (Å²) in [5, 5.41) is 6.10. The Labute approximate surface area is 204 Å². The van der Waals surface area contributed by atoms with Crippen molar-refractivity contribution in [3.05, 3.63) is 52.8 Å². The lowest BCUT2D eigenvalue weighted by Crippen LogP contribution is -2.45. The van der Waals surface area contributed by atoms with E-state index in [2.05, 4.69) is 27.2 Å². The maximum absolute atomic E-state index is 13.4. The minimum absolute atomic E-state index is 0.0307. The average Bonchev–Trinajstić information content (AvgIpc) is 3.45. The molecule has 2 unspecified atom stereocenters. The van der Waals surface area contributed by atoms with Gasteiger partial charge >= 0.3 is 0 Å². The van der Waals surface area contributed by atoms with Crippen molar-refractivity contribution in [1.82, 2.24) is 19.9 Å². The summed E-state index contributed by atoms with van der Waals surface area (Å²) in [5.74, 6) is 0.0403. The molecular formula is C22H21Cl2N5O5. The minimum atomic E-state index is -0.497. The number of rotatable bonds is 7. The Hall–Kier alpha value is -3.34. The molecule has 4 rings (SSSR count). The van der Waals surface area contributed by atoms with E-state index >= 15 is 0 Å². The van der Waals surface area contributed by atoms with Crippen molar-refractivity contribution in [1.29, 1.82) is 0 Å². The lowest BCUT2D eigenvalue weighted by molar-refractivity contribution is -0.117. The highest BCUT2D eigenvalue weighted by molar-refractivity contribution is 6.41. The van der Waals surface area contributed by atoms with E-state index in [1.807, 2.05) is 0 Å². The van der Waals surface area contributed by atoms with Crippen LogP contribution in [-0.4, -0.2) is 65.9 Å². The van der Waals surface area contributed by atoms with Crippen LogP contribution in [0.5, 0.6) is 11.5 Å². The molecule has 1 aliphatic rings. The summed E-state index contributed by atoms with van der Waals surface area (Å²) in [5.41, 5.74) is 0.991. The van der Waals surface area contributed by atoms with Gasteiger partial charge in [0, 0.05) is 12.3 Å². The third kappa shape index (κ3) is 4.39. The number of nitrogens with zero attached hydrogens (tertiary/aromatic N) is 3. The molecular weight excluding hydrogens is 485 g/mol. The Balaban J connectivity index is 1.63. The molecule has 0 bridgehead atoms. The van der Waals surface area contributed by atoms with E-state index < -0.39 is 5.91 Å². The van der Waals surface area contributed by atoms with Crippen LogP contribution in [0.3, 0.4) is 0 Å². The highest BCUT2D eigenvalue weighted by atomic mass is 35.5. The van der Waals surface area contributed by atoms with E-state index in [1.165, 1.54) is 37.1 Å². The lowest BCUT2D eigenvalue weighted by atomic mass is 10.1. The van der Waals surface area contributed by atoms with Crippen molar-refractivity contribution >= 4 is 52.0 Å². The Morgan fingerprint density at radius 3 is 2.53 bits per heavy atom. The predicted octanol–water partition coefficient (Wildman–Crippen LogP) is 2.93. The lowest BCUT2D eigenvalue weighted by Gasteiger charge is -2.19. The topological polar surface area (TPSA) is 117 Å². The van der Waals surface area contributed by atoms with Crippen molar-refractivity contribution in [3.63, 3.8) is 0 Å². The maximum Gasteiger partial charge on any atom is 0.265 e. The second kappa shape index (κ2) is 9.88. The van der Waals surface area contributed by atoms with Crippen LogP contribution in [0.15, 0.2) is 37.2 Å². The van der Waals surface area contributed by atoms with E-state index in [4.69, 9.17) is 37.4 Å². The maximum atomic E-state index is 13.4. The van der Waals surface area contributed by atoms with E-state index in [0.29, 0.717) is 30.2 Å². The van der Waals surface area contributed by atoms with E-state index in [1.54, 1.807) is 12.3 Å². The van der Waals surface area contributed by atoms with Gasteiger partial charge in [-0.3, -0.25) is 14.2 Å². The zero-order valence-corrected chi connectivity index (χ0v) is 19.8. The highest BCUT2D eigenvalue weighted by Crippen LogP contribution is 2.41. The first-order valence-electron chi connectivity index (χ1n) is 10.1. The first-order valence-corrected chi connectivity index (χ1v) is 10.9. The van der Waals surface area contributed by atoms with Gasteiger partial charge in [-0.05, 0) is 12.1 Å². The molecule has 2 atom stereocenters. The molecule has 1 amide bonds. The van der Waals surface area contributed by atoms with Gasteiger partial charge < -0.3 is 24.8 Å². The first kappa shape index (κ1) is 23.8. The molecule has 10 nitrogen and oxygen atoms in total. The number of hydrogen-bond donors (Lipinski definition) is 2. The SMILES string of the molecule is C=CC(=O)NC1COCC1Nc1ncc2c(ccn2C(=O)c2c(Cl)c(OC)cc(OC)c2Cl)n1. The van der Waals surface area contributed by atoms with Crippen LogP contribution in [-0.2, 0) is 9.53 Å². The number of halogens is 2. The van der Waals surface area contributed by atoms with Crippen molar-refractivity contribution < 1.29 is 23.8 Å². The van der Waals surface area contributed by atoms with Gasteiger partial charge in [0.1, 0.15) is 11.5 Å². The quantitative estimate of drug-likeness (QED) is 0.470. The molecule has 0 radical (unpaired) electrons. The Morgan fingerprint density at radius 1 is 1.21 bits per heavy atom. The number of hydrogen-bond acceptors (Lipinski definition) is 8. The number of anilines is 1. The molecule has 0 aliphatic carbocycles. The summed E-state index contributed by atoms with van der Waals surface area (Å²) in [6.45, 7) is 4.19. The van der Waals surface area contributed by atoms with Gasteiger partial charge in [-0.15, -0.1) is 0 Å². The van der Waals surface area contributed by atoms with Crippen molar-refractivity contribution in [2.24, 2.45) is 0 Å². The molecule has 1 fully saturated rings. The standard InChI is InChI=1S/C22H21Cl2N5O5/c1-4-17(30)26-12-9-34-10-13(12)28-22-25-8-14-11(27-22)5-6-29(14)21(31)18-19(23)15(32-2)7-16(33-3)20(18)24/h4-8,12-13H,1,9-10H2,2-3H3,(H,26,30)(H,25,27,28). The predicted molar refractivity (Wildman–Crippen MR) is 127 cm³/mol. The number of amides is 1. The molecule has 178 valence electrons. The number of nitrogens with one attached hydrogen (secondary N) is 2. The van der Waals surface area contributed by atoms with E-state index in [0.717, 1.165) is 0 Å². The zero-order chi connectivity index (χ0) is 24.4. The molecule has 3 aromatic rings. The van der Waals surface area contributed by atoms with E-state index in [-0.39, 0.29) is 45.1 Å². The number of ether oxygens (including phenoxy) is 3. The van der Waals surface area contributed by atoms with Gasteiger partial charge in [0.15, 0.2) is 0 Å². The van der Waals surface area contributed by atoms with Gasteiger partial charge in [0.25, 0.3) is 5.91 Å². The zero-order valence-electron chi connectivity index (χ0n) is 18.3. The number of methoxy groups -OCH3 is 2. The number of benzene rings is 1. The van der Waals surface area contributed by atoms with Crippen molar-refractivity contribution in [2.45, 2.75) is 12.1 Å². The number of carbonyl (C=O) groups excluding carboxylic acids is 2. The summed E-state index contributed by atoms with van der Waals surface area (Å²) >= 11 is 12.8. The van der Waals surface area contributed by atoms with Crippen LogP contribution in [0.2, 0.25) is 10.0 Å². The van der Waals surface area contributed by atoms with E-state index in [9.17, 15) is 9.59 Å². The Kier molecular flexibility index (Phi) is 6.92. The van der Waals surface area contributed by atoms with Crippen LogP contribution < -0.4 is 20.1 Å². The number of carbonyl (C=O) groups is 2. The fraction of sp³-hybridized carbons (Fsp3) is 0.273. The molecule has 1 aliphatic heterocycles. The molecule has 1 aromatic carbocycles. The summed E-state index contributed by atoms with van der Waals surface area (Å²) in [6, 6.07) is 2.69. The van der Waals surface area contributed by atoms with Gasteiger partial charge in [-0.1, -0.05) is 29.8 Å². The van der Waals surface area contributed by atoms with Gasteiger partial charge in [0.2, 0.25) is 11.9 Å². The molecule has 1 saturated heterocycles. The van der Waals surface area contributed by atoms with Crippen LogP contribution >= 0.6 is 23.2 Å². The largest absolute Gasteiger partial charge is 0.495 e. The summed E-state index contributed by atoms with van der Waals surface area (Å²) < 4.78 is 17.3. The number of aromatic nitrogens is 3. The molecule has 2 N–H and O–H groups in total. The third-order valence-electron chi connectivity index (χ3n) is 5.35. The molecule has 0 spiro atoms. The van der Waals surface area contributed by atoms with Crippen molar-refractivity contribution in [3.8, 4) is 11.5 Å². The monoisotopic (exact) mass is 505 g/mol. The van der Waals surface area contributed by atoms with Crippen LogP contribution in [0, 0.1) is 0 Å². The molecule has 34 heavy (non-hydrogen) atoms. The van der Waals surface area contributed by atoms with Crippen molar-refractivity contribution in [2.75, 3.05) is 32.8 Å². The summed E-state index contributed by atoms with van der Waals surface area (Å²) in [7, 11) is 2.86. The molecule has 12 heteroatoms. The summed E-state index contributed by atoms with van der Waals surface area (Å²) in [4.78, 5) is 33.8. The number of fused-ring (bicyclic) bond motifs is 1. The summed E-state index contributed by atoms with van der Waals surface area (Å²) in [6.07, 6.45) is 4.26. The van der Waals surface area contributed by atoms with Gasteiger partial charge in [-0.2, -0.15) is 0 Å². The molecule has 2 aromatic heterocycles. The third-order valence-corrected chi connectivity index (χ3v) is 6.10. The van der Waals surface area contributed by atoms with Crippen LogP contribution in [0.25, 0.3) is 11.0 Å². The second-order valence-corrected chi connectivity index (χ2v) is 8.10. The van der Waals surface area contributed by atoms with Gasteiger partial charge in [-0.25, -0.2) is 9.97 Å². The second-order valence-electron chi connectivity index (χ2n) is 7.35. The molecule has 3 heterocycles. The molecule has 0 saturated carbocycles. The Bertz CT molecular complexity index is 1250.